The minimum Gasteiger partial charge on any atom is -0.371 e. The van der Waals surface area contributed by atoms with Crippen LogP contribution in [0.2, 0.25) is 5.02 Å². The normalized spacial score (nSPS) is 20.2. The molecule has 0 bridgehead atoms. The summed E-state index contributed by atoms with van der Waals surface area (Å²) in [5.74, 6) is 1.60. The fourth-order valence-electron chi connectivity index (χ4n) is 2.84. The van der Waals surface area contributed by atoms with Crippen LogP contribution in [0.4, 0.5) is 5.69 Å². The summed E-state index contributed by atoms with van der Waals surface area (Å²) < 4.78 is 0. The molecule has 2 rings (SSSR count). The third kappa shape index (κ3) is 3.42. The molecule has 0 saturated carbocycles. The minimum absolute atomic E-state index is 0.556. The van der Waals surface area contributed by atoms with E-state index in [0.29, 0.717) is 10.6 Å². The standard InChI is InChI=1S/C16H21ClN2/c1-12(2)13-4-3-8-19(9-7-13)15-6-5-14(11-18)16(17)10-15/h5-6,10,12-13H,3-4,7-9H2,1-2H3. The molecular formula is C16H21ClN2. The molecule has 1 atom stereocenters. The Morgan fingerprint density at radius 3 is 2.74 bits per heavy atom. The molecule has 1 aliphatic heterocycles. The van der Waals surface area contributed by atoms with E-state index in [2.05, 4.69) is 24.8 Å². The first-order chi connectivity index (χ1) is 9.11. The van der Waals surface area contributed by atoms with Crippen molar-refractivity contribution < 1.29 is 0 Å². The molecule has 102 valence electrons. The first-order valence-electron chi connectivity index (χ1n) is 7.06. The Kier molecular flexibility index (Phi) is 4.71. The van der Waals surface area contributed by atoms with E-state index in [-0.39, 0.29) is 0 Å². The first-order valence-corrected chi connectivity index (χ1v) is 7.44. The van der Waals surface area contributed by atoms with Crippen LogP contribution < -0.4 is 4.90 Å². The van der Waals surface area contributed by atoms with Crippen molar-refractivity contribution in [2.24, 2.45) is 11.8 Å². The molecule has 1 unspecified atom stereocenters. The lowest BCUT2D eigenvalue weighted by Gasteiger charge is -2.24. The molecule has 1 aromatic carbocycles. The lowest BCUT2D eigenvalue weighted by atomic mass is 9.89. The van der Waals surface area contributed by atoms with Gasteiger partial charge in [-0.15, -0.1) is 0 Å². The number of nitriles is 1. The summed E-state index contributed by atoms with van der Waals surface area (Å²) in [5, 5.41) is 9.47. The third-order valence-electron chi connectivity index (χ3n) is 4.15. The smallest absolute Gasteiger partial charge is 0.101 e. The fourth-order valence-corrected chi connectivity index (χ4v) is 3.06. The van der Waals surface area contributed by atoms with E-state index in [1.165, 1.54) is 19.3 Å². The van der Waals surface area contributed by atoms with Crippen LogP contribution in [-0.2, 0) is 0 Å². The molecular weight excluding hydrogens is 256 g/mol. The van der Waals surface area contributed by atoms with Crippen molar-refractivity contribution in [3.05, 3.63) is 28.8 Å². The number of benzene rings is 1. The predicted molar refractivity (Wildman–Crippen MR) is 80.6 cm³/mol. The average molecular weight is 277 g/mol. The van der Waals surface area contributed by atoms with Gasteiger partial charge >= 0.3 is 0 Å². The van der Waals surface area contributed by atoms with Crippen LogP contribution in [0.15, 0.2) is 18.2 Å². The molecule has 0 aromatic heterocycles. The molecule has 1 aromatic rings. The molecule has 1 saturated heterocycles. The van der Waals surface area contributed by atoms with Gasteiger partial charge in [-0.1, -0.05) is 25.4 Å². The third-order valence-corrected chi connectivity index (χ3v) is 4.47. The van der Waals surface area contributed by atoms with E-state index in [1.54, 1.807) is 0 Å². The lowest BCUT2D eigenvalue weighted by molar-refractivity contribution is 0.351. The van der Waals surface area contributed by atoms with Gasteiger partial charge in [0.25, 0.3) is 0 Å². The minimum atomic E-state index is 0.556. The summed E-state index contributed by atoms with van der Waals surface area (Å²) in [6.45, 7) is 6.81. The predicted octanol–water partition coefficient (Wildman–Crippen LogP) is 4.47. The Bertz CT molecular complexity index is 476. The van der Waals surface area contributed by atoms with Crippen LogP contribution in [0.1, 0.15) is 38.7 Å². The Morgan fingerprint density at radius 1 is 1.32 bits per heavy atom. The van der Waals surface area contributed by atoms with Crippen LogP contribution in [0, 0.1) is 23.2 Å². The summed E-state index contributed by atoms with van der Waals surface area (Å²) in [6.07, 6.45) is 3.80. The van der Waals surface area contributed by atoms with Crippen molar-refractivity contribution in [3.8, 4) is 6.07 Å². The quantitative estimate of drug-likeness (QED) is 0.797. The van der Waals surface area contributed by atoms with Crippen LogP contribution >= 0.6 is 11.6 Å². The second-order valence-corrected chi connectivity index (χ2v) is 6.11. The zero-order valence-corrected chi connectivity index (χ0v) is 12.5. The molecule has 1 aliphatic rings. The Labute approximate surface area is 121 Å². The van der Waals surface area contributed by atoms with Gasteiger partial charge in [0.1, 0.15) is 6.07 Å². The summed E-state index contributed by atoms with van der Waals surface area (Å²) in [5.41, 5.74) is 1.70. The van der Waals surface area contributed by atoms with Crippen molar-refractivity contribution >= 4 is 17.3 Å². The Hall–Kier alpha value is -1.20. The number of rotatable bonds is 2. The molecule has 0 aliphatic carbocycles. The maximum absolute atomic E-state index is 8.91. The number of nitrogens with zero attached hydrogens (tertiary/aromatic N) is 2. The van der Waals surface area contributed by atoms with Gasteiger partial charge in [0.15, 0.2) is 0 Å². The van der Waals surface area contributed by atoms with E-state index in [9.17, 15) is 0 Å². The van der Waals surface area contributed by atoms with Crippen LogP contribution in [0.25, 0.3) is 0 Å². The van der Waals surface area contributed by atoms with Gasteiger partial charge in [-0.05, 0) is 49.3 Å². The van der Waals surface area contributed by atoms with Crippen LogP contribution in [-0.4, -0.2) is 13.1 Å². The van der Waals surface area contributed by atoms with Crippen molar-refractivity contribution in [1.82, 2.24) is 0 Å². The lowest BCUT2D eigenvalue weighted by Crippen LogP contribution is -2.24. The highest BCUT2D eigenvalue weighted by Gasteiger charge is 2.19. The topological polar surface area (TPSA) is 27.0 Å². The molecule has 1 fully saturated rings. The van der Waals surface area contributed by atoms with Gasteiger partial charge in [-0.3, -0.25) is 0 Å². The number of hydrogen-bond acceptors (Lipinski definition) is 2. The highest BCUT2D eigenvalue weighted by Crippen LogP contribution is 2.29. The molecule has 3 heteroatoms. The van der Waals surface area contributed by atoms with Gasteiger partial charge < -0.3 is 4.90 Å². The number of halogens is 1. The van der Waals surface area contributed by atoms with E-state index in [0.717, 1.165) is 30.6 Å². The maximum atomic E-state index is 8.91. The summed E-state index contributed by atoms with van der Waals surface area (Å²) in [6, 6.07) is 7.87. The van der Waals surface area contributed by atoms with Crippen LogP contribution in [0.3, 0.4) is 0 Å². The number of hydrogen-bond donors (Lipinski definition) is 0. The van der Waals surface area contributed by atoms with Crippen molar-refractivity contribution in [1.29, 1.82) is 5.26 Å². The molecule has 0 N–H and O–H groups in total. The maximum Gasteiger partial charge on any atom is 0.101 e. The monoisotopic (exact) mass is 276 g/mol. The summed E-state index contributed by atoms with van der Waals surface area (Å²) >= 11 is 6.12. The van der Waals surface area contributed by atoms with Gasteiger partial charge in [0.2, 0.25) is 0 Å². The molecule has 0 amide bonds. The van der Waals surface area contributed by atoms with Gasteiger partial charge in [-0.25, -0.2) is 0 Å². The second kappa shape index (κ2) is 6.30. The SMILES string of the molecule is CC(C)C1CCCN(c2ccc(C#N)c(Cl)c2)CC1. The van der Waals surface area contributed by atoms with Crippen molar-refractivity contribution in [3.63, 3.8) is 0 Å². The summed E-state index contributed by atoms with van der Waals surface area (Å²) in [4.78, 5) is 2.40. The Balaban J connectivity index is 2.10. The van der Waals surface area contributed by atoms with E-state index < -0.39 is 0 Å². The molecule has 1 heterocycles. The van der Waals surface area contributed by atoms with E-state index >= 15 is 0 Å². The van der Waals surface area contributed by atoms with Gasteiger partial charge in [0, 0.05) is 18.8 Å². The zero-order chi connectivity index (χ0) is 13.8. The van der Waals surface area contributed by atoms with E-state index in [1.807, 2.05) is 18.2 Å². The first kappa shape index (κ1) is 14.2. The molecule has 0 spiro atoms. The summed E-state index contributed by atoms with van der Waals surface area (Å²) in [7, 11) is 0. The highest BCUT2D eigenvalue weighted by molar-refractivity contribution is 6.32. The van der Waals surface area contributed by atoms with Crippen LogP contribution in [0.5, 0.6) is 0 Å². The van der Waals surface area contributed by atoms with E-state index in [4.69, 9.17) is 16.9 Å². The second-order valence-electron chi connectivity index (χ2n) is 5.70. The largest absolute Gasteiger partial charge is 0.371 e. The van der Waals surface area contributed by atoms with Gasteiger partial charge in [-0.2, -0.15) is 5.26 Å². The molecule has 19 heavy (non-hydrogen) atoms. The van der Waals surface area contributed by atoms with Crippen molar-refractivity contribution in [2.75, 3.05) is 18.0 Å². The molecule has 0 radical (unpaired) electrons. The number of anilines is 1. The van der Waals surface area contributed by atoms with Crippen molar-refractivity contribution in [2.45, 2.75) is 33.1 Å². The Morgan fingerprint density at radius 2 is 2.11 bits per heavy atom. The fraction of sp³-hybridized carbons (Fsp3) is 0.562. The highest BCUT2D eigenvalue weighted by atomic mass is 35.5. The molecule has 2 nitrogen and oxygen atoms in total. The zero-order valence-electron chi connectivity index (χ0n) is 11.7. The van der Waals surface area contributed by atoms with Gasteiger partial charge in [0.05, 0.1) is 10.6 Å². The average Bonchev–Trinajstić information content (AvgIpc) is 2.64.